The molecule has 0 atom stereocenters. The van der Waals surface area contributed by atoms with Gasteiger partial charge in [0.15, 0.2) is 0 Å². The first-order valence-electron chi connectivity index (χ1n) is 37.7. The Morgan fingerprint density at radius 3 is 0.291 bits per heavy atom. The molecule has 0 saturated carbocycles. The number of rotatable bonds is 69. The van der Waals surface area contributed by atoms with Crippen molar-refractivity contribution in [3.63, 3.8) is 0 Å². The maximum absolute atomic E-state index is 10.5. The average molecular weight is 1540 g/mol. The van der Waals surface area contributed by atoms with Gasteiger partial charge in [0.1, 0.15) is 0 Å². The van der Waals surface area contributed by atoms with Crippen LogP contribution in [0.4, 0.5) is 0 Å². The van der Waals surface area contributed by atoms with E-state index >= 15 is 0 Å². The van der Waals surface area contributed by atoms with E-state index in [0.29, 0.717) is 19.3 Å². The van der Waals surface area contributed by atoms with Crippen molar-refractivity contribution in [1.29, 1.82) is 0 Å². The summed E-state index contributed by atoms with van der Waals surface area (Å²) < 4.78 is 31.5. The van der Waals surface area contributed by atoms with Crippen LogP contribution >= 0.6 is 22.8 Å². The van der Waals surface area contributed by atoms with Gasteiger partial charge in [-0.3, -0.25) is 0 Å². The van der Waals surface area contributed by atoms with E-state index in [4.69, 9.17) is 0 Å². The third-order valence-electron chi connectivity index (χ3n) is 17.4. The average Bonchev–Trinajstić information content (AvgIpc) is 3.45. The van der Waals surface area contributed by atoms with Gasteiger partial charge in [0.25, 0.3) is 0 Å². The topological polar surface area (TPSA) is 190 Å². The zero-order chi connectivity index (χ0) is 62.3. The molecular formula is C72H147Nd2O9P3. The zero-order valence-corrected chi connectivity index (χ0v) is 66.9. The van der Waals surface area contributed by atoms with E-state index in [0.717, 1.165) is 38.5 Å². The Labute approximate surface area is 604 Å². The molecule has 86 heavy (non-hydrogen) atoms. The Morgan fingerprint density at radius 1 is 0.151 bits per heavy atom. The van der Waals surface area contributed by atoms with Gasteiger partial charge in [-0.2, -0.15) is 0 Å². The molecule has 2 radical (unpaired) electrons. The Bertz CT molecular complexity index is 1190. The van der Waals surface area contributed by atoms with Gasteiger partial charge in [0.05, 0.1) is 0 Å². The third-order valence-corrected chi connectivity index (χ3v) is 19.9. The van der Waals surface area contributed by atoms with Crippen LogP contribution in [0.25, 0.3) is 0 Å². The summed E-state index contributed by atoms with van der Waals surface area (Å²) in [4.78, 5) is 63.1. The molecule has 512 valence electrons. The normalized spacial score (nSPS) is 11.7. The standard InChI is InChI=1S/3C24H51O3P.2Nd/c3*1-2-3-4-5-6-7-8-9-10-11-12-13-14-15-16-17-18-19-20-21-22-23-24-28(25,26)27;;/h3*2-24H2,1H3,(H2,25,26,27);;/q;;;2*+3/p-6. The Balaban J connectivity index is -0.000000377. The molecule has 0 aromatic rings. The second kappa shape index (κ2) is 82.4. The molecule has 0 aromatic heterocycles. The van der Waals surface area contributed by atoms with Gasteiger partial charge < -0.3 is 43.1 Å². The maximum atomic E-state index is 10.5. The SMILES string of the molecule is CCCCCCCCCCCCCCCCCCCCCCCCP(=O)([O-])[O-].CCCCCCCCCCCCCCCCCCCCCCCCP(=O)([O-])[O-].CCCCCCCCCCCCCCCCCCCCCCCCP(=O)([O-])[O-].[Nd+3].[Nd+3]. The molecule has 0 unspecified atom stereocenters. The molecule has 14 heteroatoms. The second-order valence-corrected chi connectivity index (χ2v) is 31.3. The predicted octanol–water partition coefficient (Wildman–Crippen LogP) is 22.5. The minimum atomic E-state index is -4.26. The smallest absolute Gasteiger partial charge is 0.811 e. The van der Waals surface area contributed by atoms with Crippen molar-refractivity contribution in [2.24, 2.45) is 0 Å². The van der Waals surface area contributed by atoms with E-state index in [1.807, 2.05) is 0 Å². The molecule has 0 amide bonds. The summed E-state index contributed by atoms with van der Waals surface area (Å²) in [5.41, 5.74) is 0. The molecule has 0 aliphatic carbocycles. The molecule has 0 aliphatic rings. The van der Waals surface area contributed by atoms with Gasteiger partial charge in [-0.1, -0.05) is 448 Å². The molecule has 0 aliphatic heterocycles. The van der Waals surface area contributed by atoms with Crippen molar-refractivity contribution in [2.45, 2.75) is 445 Å². The van der Waals surface area contributed by atoms with E-state index in [2.05, 4.69) is 20.8 Å². The van der Waals surface area contributed by atoms with E-state index in [9.17, 15) is 43.1 Å². The summed E-state index contributed by atoms with van der Waals surface area (Å²) >= 11 is 0. The number of hydrogen-bond acceptors (Lipinski definition) is 9. The van der Waals surface area contributed by atoms with Crippen LogP contribution in [0.3, 0.4) is 0 Å². The minimum Gasteiger partial charge on any atom is -0.811 e. The van der Waals surface area contributed by atoms with Gasteiger partial charge in [-0.05, 0) is 37.7 Å². The largest absolute Gasteiger partial charge is 3.00 e. The Morgan fingerprint density at radius 2 is 0.221 bits per heavy atom. The molecule has 0 aromatic carbocycles. The van der Waals surface area contributed by atoms with Crippen molar-refractivity contribution >= 4 is 22.8 Å². The van der Waals surface area contributed by atoms with Crippen molar-refractivity contribution in [3.05, 3.63) is 0 Å². The fourth-order valence-electron chi connectivity index (χ4n) is 11.7. The van der Waals surface area contributed by atoms with E-state index in [1.54, 1.807) is 0 Å². The summed E-state index contributed by atoms with van der Waals surface area (Å²) in [5, 5.41) is 0. The van der Waals surface area contributed by atoms with Crippen LogP contribution in [-0.2, 0) is 13.7 Å². The Hall–Kier alpha value is 3.15. The summed E-state index contributed by atoms with van der Waals surface area (Å²) in [6, 6.07) is 0. The quantitative estimate of drug-likeness (QED) is 0.0421. The molecule has 9 nitrogen and oxygen atoms in total. The Kier molecular flexibility index (Phi) is 93.7. The van der Waals surface area contributed by atoms with Gasteiger partial charge in [0, 0.05) is 0 Å². The monoisotopic (exact) mass is 1530 g/mol. The first kappa shape index (κ1) is 97.8. The van der Waals surface area contributed by atoms with Crippen molar-refractivity contribution in [3.8, 4) is 0 Å². The van der Waals surface area contributed by atoms with E-state index in [-0.39, 0.29) is 100 Å². The first-order chi connectivity index (χ1) is 40.7. The van der Waals surface area contributed by atoms with Crippen LogP contribution in [0.1, 0.15) is 445 Å². The van der Waals surface area contributed by atoms with Gasteiger partial charge >= 0.3 is 81.7 Å². The number of hydrogen-bond donors (Lipinski definition) is 0. The summed E-state index contributed by atoms with van der Waals surface area (Å²) in [7, 11) is -12.8. The first-order valence-corrected chi connectivity index (χ1v) is 42.9. The molecule has 0 heterocycles. The number of unbranched alkanes of at least 4 members (excludes halogenated alkanes) is 63. The predicted molar refractivity (Wildman–Crippen MR) is 359 cm³/mol. The molecule has 0 bridgehead atoms. The van der Waals surface area contributed by atoms with Crippen LogP contribution in [0.15, 0.2) is 0 Å². The zero-order valence-electron chi connectivity index (χ0n) is 57.8. The molecule has 0 rings (SSSR count). The van der Waals surface area contributed by atoms with Crippen LogP contribution in [0.2, 0.25) is 0 Å². The van der Waals surface area contributed by atoms with Gasteiger partial charge in [-0.15, -0.1) is 0 Å². The van der Waals surface area contributed by atoms with Crippen LogP contribution in [0, 0.1) is 81.7 Å². The minimum absolute atomic E-state index is 0. The molecule has 0 fully saturated rings. The summed E-state index contributed by atoms with van der Waals surface area (Å²) in [6.45, 7) is 6.85. The summed E-state index contributed by atoms with van der Waals surface area (Å²) in [5.74, 6) is 0. The molecular weight excluding hydrogens is 1390 g/mol. The van der Waals surface area contributed by atoms with Crippen LogP contribution < -0.4 is 29.4 Å². The van der Waals surface area contributed by atoms with E-state index in [1.165, 1.54) is 366 Å². The molecule has 0 N–H and O–H groups in total. The summed E-state index contributed by atoms with van der Waals surface area (Å²) in [6.07, 6.45) is 86.2. The van der Waals surface area contributed by atoms with Crippen LogP contribution in [-0.4, -0.2) is 18.5 Å². The van der Waals surface area contributed by atoms with Crippen molar-refractivity contribution < 1.29 is 125 Å². The second-order valence-electron chi connectivity index (χ2n) is 26.3. The van der Waals surface area contributed by atoms with Gasteiger partial charge in [0.2, 0.25) is 0 Å². The maximum Gasteiger partial charge on any atom is 3.00 e. The van der Waals surface area contributed by atoms with Crippen LogP contribution in [0.5, 0.6) is 0 Å². The molecule has 0 spiro atoms. The van der Waals surface area contributed by atoms with Crippen molar-refractivity contribution in [1.82, 2.24) is 0 Å². The van der Waals surface area contributed by atoms with Crippen molar-refractivity contribution in [2.75, 3.05) is 18.5 Å². The van der Waals surface area contributed by atoms with E-state index < -0.39 is 22.8 Å². The third kappa shape index (κ3) is 106. The fourth-order valence-corrected chi connectivity index (χ4v) is 13.6. The molecule has 0 saturated heterocycles. The van der Waals surface area contributed by atoms with Gasteiger partial charge in [-0.25, -0.2) is 0 Å². The fraction of sp³-hybridized carbons (Fsp3) is 1.00.